The molecule has 1 aliphatic rings. The van der Waals surface area contributed by atoms with Crippen molar-refractivity contribution in [1.29, 1.82) is 0 Å². The summed E-state index contributed by atoms with van der Waals surface area (Å²) in [6, 6.07) is 6.53. The first-order chi connectivity index (χ1) is 14.7. The van der Waals surface area contributed by atoms with Gasteiger partial charge in [0.2, 0.25) is 5.95 Å². The monoisotopic (exact) mass is 407 g/mol. The zero-order chi connectivity index (χ0) is 20.8. The van der Waals surface area contributed by atoms with Crippen molar-refractivity contribution in [3.05, 3.63) is 53.6 Å². The Balaban J connectivity index is 1.64. The molecule has 5 nitrogen and oxygen atoms in total. The average molecular weight is 408 g/mol. The van der Waals surface area contributed by atoms with Crippen LogP contribution in [0, 0.1) is 5.82 Å². The number of nitrogens with zero attached hydrogens (tertiary/aromatic N) is 3. The first-order valence-electron chi connectivity index (χ1n) is 11.1. The Kier molecular flexibility index (Phi) is 6.72. The Hall–Kier alpha value is -2.76. The zero-order valence-corrected chi connectivity index (χ0v) is 17.6. The molecule has 1 aliphatic carbocycles. The fraction of sp³-hybridized carbons (Fsp3) is 0.458. The van der Waals surface area contributed by atoms with Crippen molar-refractivity contribution in [3.8, 4) is 0 Å². The third-order valence-electron chi connectivity index (χ3n) is 5.88. The van der Waals surface area contributed by atoms with E-state index in [9.17, 15) is 4.39 Å². The third-order valence-corrected chi connectivity index (χ3v) is 5.88. The van der Waals surface area contributed by atoms with Gasteiger partial charge < -0.3 is 10.6 Å². The number of unbranched alkanes of at least 4 members (excludes halogenated alkanes) is 1. The second kappa shape index (κ2) is 9.83. The van der Waals surface area contributed by atoms with Gasteiger partial charge >= 0.3 is 0 Å². The molecule has 2 heterocycles. The lowest BCUT2D eigenvalue weighted by molar-refractivity contribution is 0.444. The summed E-state index contributed by atoms with van der Waals surface area (Å²) in [5.41, 5.74) is 3.23. The van der Waals surface area contributed by atoms with Gasteiger partial charge in [-0.2, -0.15) is 0 Å². The average Bonchev–Trinajstić information content (AvgIpc) is 2.79. The maximum atomic E-state index is 13.2. The molecule has 0 bridgehead atoms. The van der Waals surface area contributed by atoms with Crippen molar-refractivity contribution in [2.24, 2.45) is 0 Å². The molecule has 4 rings (SSSR count). The van der Waals surface area contributed by atoms with Gasteiger partial charge in [0.25, 0.3) is 0 Å². The minimum absolute atomic E-state index is 0.226. The van der Waals surface area contributed by atoms with Crippen LogP contribution in [0.4, 0.5) is 16.2 Å². The van der Waals surface area contributed by atoms with E-state index in [1.165, 1.54) is 49.8 Å². The normalized spacial score (nSPS) is 14.7. The molecule has 3 aromatic rings. The number of aromatic nitrogens is 3. The maximum Gasteiger partial charge on any atom is 0.223 e. The summed E-state index contributed by atoms with van der Waals surface area (Å²) in [4.78, 5) is 14.2. The SMILES string of the molecule is CCCCNc1ncc2c(NCc3ccc(F)cc3)ncc(C3CCCCC3)c2n1. The van der Waals surface area contributed by atoms with Crippen LogP contribution in [0.15, 0.2) is 36.7 Å². The predicted octanol–water partition coefficient (Wildman–Crippen LogP) is 6.04. The van der Waals surface area contributed by atoms with Crippen molar-refractivity contribution in [2.75, 3.05) is 17.2 Å². The Labute approximate surface area is 177 Å². The second-order valence-corrected chi connectivity index (χ2v) is 8.11. The van der Waals surface area contributed by atoms with Crippen LogP contribution < -0.4 is 10.6 Å². The van der Waals surface area contributed by atoms with Crippen molar-refractivity contribution >= 4 is 22.7 Å². The second-order valence-electron chi connectivity index (χ2n) is 8.11. The summed E-state index contributed by atoms with van der Waals surface area (Å²) in [7, 11) is 0. The molecule has 1 aromatic carbocycles. The van der Waals surface area contributed by atoms with Crippen molar-refractivity contribution in [1.82, 2.24) is 15.0 Å². The minimum Gasteiger partial charge on any atom is -0.365 e. The molecule has 1 fully saturated rings. The molecule has 1 saturated carbocycles. The van der Waals surface area contributed by atoms with E-state index < -0.39 is 0 Å². The summed E-state index contributed by atoms with van der Waals surface area (Å²) in [5.74, 6) is 1.74. The van der Waals surface area contributed by atoms with Crippen LogP contribution in [0.5, 0.6) is 0 Å². The Morgan fingerprint density at radius 3 is 2.57 bits per heavy atom. The van der Waals surface area contributed by atoms with Gasteiger partial charge in [-0.25, -0.2) is 19.3 Å². The molecule has 0 amide bonds. The number of benzene rings is 1. The first kappa shape index (κ1) is 20.5. The molecule has 0 atom stereocenters. The highest BCUT2D eigenvalue weighted by atomic mass is 19.1. The van der Waals surface area contributed by atoms with Crippen LogP contribution in [-0.4, -0.2) is 21.5 Å². The number of pyridine rings is 1. The lowest BCUT2D eigenvalue weighted by atomic mass is 9.84. The summed E-state index contributed by atoms with van der Waals surface area (Å²) in [5, 5.41) is 7.69. The molecule has 0 spiro atoms. The number of anilines is 2. The van der Waals surface area contributed by atoms with Gasteiger partial charge in [-0.05, 0) is 42.9 Å². The Bertz CT molecular complexity index is 967. The van der Waals surface area contributed by atoms with Gasteiger partial charge in [-0.1, -0.05) is 44.7 Å². The molecule has 0 unspecified atom stereocenters. The van der Waals surface area contributed by atoms with E-state index in [1.54, 1.807) is 12.1 Å². The molecule has 0 saturated heterocycles. The van der Waals surface area contributed by atoms with E-state index >= 15 is 0 Å². The van der Waals surface area contributed by atoms with Crippen LogP contribution >= 0.6 is 0 Å². The molecule has 0 radical (unpaired) electrons. The predicted molar refractivity (Wildman–Crippen MR) is 120 cm³/mol. The maximum absolute atomic E-state index is 13.2. The molecule has 6 heteroatoms. The van der Waals surface area contributed by atoms with Crippen LogP contribution in [-0.2, 0) is 6.54 Å². The highest BCUT2D eigenvalue weighted by Gasteiger charge is 2.21. The standard InChI is InChI=1S/C24H30FN5/c1-2-3-13-26-24-29-16-21-22(30-24)20(18-7-5-4-6-8-18)15-28-23(21)27-14-17-9-11-19(25)12-10-17/h9-12,15-16,18H,2-8,13-14H2,1H3,(H,27,28)(H,26,29,30). The van der Waals surface area contributed by atoms with Gasteiger partial charge in [-0.3, -0.25) is 0 Å². The lowest BCUT2D eigenvalue weighted by Crippen LogP contribution is -2.11. The van der Waals surface area contributed by atoms with E-state index in [1.807, 2.05) is 12.4 Å². The number of rotatable bonds is 8. The molecular formula is C24H30FN5. The van der Waals surface area contributed by atoms with Crippen molar-refractivity contribution in [2.45, 2.75) is 64.3 Å². The molecule has 30 heavy (non-hydrogen) atoms. The highest BCUT2D eigenvalue weighted by Crippen LogP contribution is 2.37. The molecule has 0 aliphatic heterocycles. The number of hydrogen-bond donors (Lipinski definition) is 2. The zero-order valence-electron chi connectivity index (χ0n) is 17.6. The van der Waals surface area contributed by atoms with Crippen LogP contribution in [0.3, 0.4) is 0 Å². The highest BCUT2D eigenvalue weighted by molar-refractivity contribution is 5.91. The van der Waals surface area contributed by atoms with Crippen molar-refractivity contribution in [3.63, 3.8) is 0 Å². The molecular weight excluding hydrogens is 377 g/mol. The first-order valence-corrected chi connectivity index (χ1v) is 11.1. The number of halogens is 1. The number of fused-ring (bicyclic) bond motifs is 1. The third kappa shape index (κ3) is 4.86. The fourth-order valence-corrected chi connectivity index (χ4v) is 4.14. The largest absolute Gasteiger partial charge is 0.365 e. The van der Waals surface area contributed by atoms with Crippen LogP contribution in [0.2, 0.25) is 0 Å². The van der Waals surface area contributed by atoms with E-state index in [4.69, 9.17) is 9.97 Å². The van der Waals surface area contributed by atoms with Gasteiger partial charge in [0.15, 0.2) is 0 Å². The summed E-state index contributed by atoms with van der Waals surface area (Å²) < 4.78 is 13.2. The summed E-state index contributed by atoms with van der Waals surface area (Å²) in [6.07, 6.45) is 12.3. The number of nitrogens with one attached hydrogen (secondary N) is 2. The quantitative estimate of drug-likeness (QED) is 0.446. The fourth-order valence-electron chi connectivity index (χ4n) is 4.14. The molecule has 158 valence electrons. The summed E-state index contributed by atoms with van der Waals surface area (Å²) >= 11 is 0. The van der Waals surface area contributed by atoms with Gasteiger partial charge in [0, 0.05) is 31.0 Å². The Morgan fingerprint density at radius 2 is 1.80 bits per heavy atom. The smallest absolute Gasteiger partial charge is 0.223 e. The van der Waals surface area contributed by atoms with E-state index in [0.29, 0.717) is 18.4 Å². The van der Waals surface area contributed by atoms with Crippen LogP contribution in [0.25, 0.3) is 10.9 Å². The van der Waals surface area contributed by atoms with Gasteiger partial charge in [-0.15, -0.1) is 0 Å². The van der Waals surface area contributed by atoms with E-state index in [-0.39, 0.29) is 5.82 Å². The minimum atomic E-state index is -0.226. The van der Waals surface area contributed by atoms with Gasteiger partial charge in [0.05, 0.1) is 10.9 Å². The number of hydrogen-bond acceptors (Lipinski definition) is 5. The topological polar surface area (TPSA) is 62.7 Å². The van der Waals surface area contributed by atoms with E-state index in [0.717, 1.165) is 41.7 Å². The lowest BCUT2D eigenvalue weighted by Gasteiger charge is -2.23. The van der Waals surface area contributed by atoms with Crippen LogP contribution in [0.1, 0.15) is 68.9 Å². The van der Waals surface area contributed by atoms with E-state index in [2.05, 4.69) is 22.5 Å². The van der Waals surface area contributed by atoms with Crippen molar-refractivity contribution < 1.29 is 4.39 Å². The van der Waals surface area contributed by atoms with Gasteiger partial charge in [0.1, 0.15) is 11.6 Å². The Morgan fingerprint density at radius 1 is 1.00 bits per heavy atom. The summed E-state index contributed by atoms with van der Waals surface area (Å²) in [6.45, 7) is 3.62. The molecule has 2 N–H and O–H groups in total. The molecule has 2 aromatic heterocycles.